The van der Waals surface area contributed by atoms with E-state index in [0.717, 1.165) is 11.1 Å². The molecule has 0 aliphatic rings. The van der Waals surface area contributed by atoms with Crippen LogP contribution in [0.25, 0.3) is 11.3 Å². The molecule has 2 aromatic rings. The Morgan fingerprint density at radius 2 is 1.70 bits per heavy atom. The number of nitrogen functional groups attached to an aromatic ring is 2. The second-order valence-corrected chi connectivity index (χ2v) is 4.67. The first kappa shape index (κ1) is 16.7. The highest BCUT2D eigenvalue weighted by Crippen LogP contribution is 2.27. The lowest BCUT2D eigenvalue weighted by atomic mass is 10.0. The van der Waals surface area contributed by atoms with Gasteiger partial charge in [0.05, 0.1) is 5.69 Å². The molecule has 0 aliphatic carbocycles. The van der Waals surface area contributed by atoms with Gasteiger partial charge in [-0.05, 0) is 13.8 Å². The third-order valence-corrected chi connectivity index (χ3v) is 3.16. The van der Waals surface area contributed by atoms with Crippen LogP contribution in [0.1, 0.15) is 31.3 Å². The number of ether oxygens (including phenoxy) is 2. The van der Waals surface area contributed by atoms with Crippen LogP contribution >= 0.6 is 0 Å². The van der Waals surface area contributed by atoms with E-state index < -0.39 is 6.29 Å². The smallest absolute Gasteiger partial charge is 0.222 e. The average molecular weight is 313 g/mol. The summed E-state index contributed by atoms with van der Waals surface area (Å²) in [5.41, 5.74) is 13.6. The van der Waals surface area contributed by atoms with Gasteiger partial charge >= 0.3 is 0 Å². The first-order chi connectivity index (χ1) is 11.1. The van der Waals surface area contributed by atoms with Crippen molar-refractivity contribution in [3.63, 3.8) is 0 Å². The molecule has 4 N–H and O–H groups in total. The van der Waals surface area contributed by atoms with E-state index in [1.807, 2.05) is 44.2 Å². The van der Waals surface area contributed by atoms with Gasteiger partial charge in [-0.15, -0.1) is 0 Å². The predicted molar refractivity (Wildman–Crippen MR) is 87.0 cm³/mol. The van der Waals surface area contributed by atoms with E-state index in [1.54, 1.807) is 0 Å². The summed E-state index contributed by atoms with van der Waals surface area (Å²) >= 11 is 0. The second-order valence-electron chi connectivity index (χ2n) is 4.67. The molecular weight excluding hydrogens is 294 g/mol. The number of benzene rings is 1. The number of nitriles is 1. The molecule has 0 aliphatic heterocycles. The molecule has 1 aromatic carbocycles. The fraction of sp³-hybridized carbons (Fsp3) is 0.312. The molecule has 7 heteroatoms. The van der Waals surface area contributed by atoms with E-state index in [-0.39, 0.29) is 17.3 Å². The molecule has 0 amide bonds. The molecule has 7 nitrogen and oxygen atoms in total. The fourth-order valence-electron chi connectivity index (χ4n) is 2.16. The quantitative estimate of drug-likeness (QED) is 0.784. The molecule has 0 atom stereocenters. The first-order valence-corrected chi connectivity index (χ1v) is 7.27. The van der Waals surface area contributed by atoms with E-state index in [9.17, 15) is 5.26 Å². The Morgan fingerprint density at radius 3 is 2.22 bits per heavy atom. The number of hydrogen-bond donors (Lipinski definition) is 2. The summed E-state index contributed by atoms with van der Waals surface area (Å²) in [5.74, 6) is 0.0997. The molecule has 1 heterocycles. The minimum Gasteiger partial charge on any atom is -0.382 e. The highest BCUT2D eigenvalue weighted by molar-refractivity contribution is 5.73. The Morgan fingerprint density at radius 1 is 1.09 bits per heavy atom. The monoisotopic (exact) mass is 313 g/mol. The molecule has 1 aromatic heterocycles. The van der Waals surface area contributed by atoms with Gasteiger partial charge in [0, 0.05) is 24.3 Å². The summed E-state index contributed by atoms with van der Waals surface area (Å²) in [6.45, 7) is 4.91. The van der Waals surface area contributed by atoms with E-state index in [1.165, 1.54) is 0 Å². The lowest BCUT2D eigenvalue weighted by Gasteiger charge is -2.17. The van der Waals surface area contributed by atoms with Crippen molar-refractivity contribution in [1.82, 2.24) is 9.97 Å². The van der Waals surface area contributed by atoms with Crippen LogP contribution in [0.4, 0.5) is 11.8 Å². The number of nitrogens with two attached hydrogens (primary N) is 2. The maximum Gasteiger partial charge on any atom is 0.222 e. The second kappa shape index (κ2) is 7.54. The first-order valence-electron chi connectivity index (χ1n) is 7.27. The zero-order valence-corrected chi connectivity index (χ0v) is 13.1. The zero-order valence-electron chi connectivity index (χ0n) is 13.1. The summed E-state index contributed by atoms with van der Waals surface area (Å²) in [6, 6.07) is 9.38. The molecule has 23 heavy (non-hydrogen) atoms. The highest BCUT2D eigenvalue weighted by atomic mass is 16.7. The standard InChI is InChI=1S/C16H19N5O2/c1-3-22-15(23-4-2)11-7-5-10(6-8-11)13-12(9-17)14(18)21-16(19)20-13/h5-8,15H,3-4H2,1-2H3,(H4,18,19,20,21). The molecule has 0 saturated heterocycles. The normalized spacial score (nSPS) is 10.7. The van der Waals surface area contributed by atoms with Crippen molar-refractivity contribution in [1.29, 1.82) is 5.26 Å². The molecule has 0 fully saturated rings. The Kier molecular flexibility index (Phi) is 5.46. The minimum absolute atomic E-state index is 0.0297. The summed E-state index contributed by atoms with van der Waals surface area (Å²) < 4.78 is 11.1. The van der Waals surface area contributed by atoms with E-state index in [4.69, 9.17) is 20.9 Å². The van der Waals surface area contributed by atoms with E-state index >= 15 is 0 Å². The van der Waals surface area contributed by atoms with Crippen molar-refractivity contribution in [2.45, 2.75) is 20.1 Å². The molecule has 120 valence electrons. The number of nitrogens with zero attached hydrogens (tertiary/aromatic N) is 3. The molecule has 2 rings (SSSR count). The molecule has 0 saturated carbocycles. The van der Waals surface area contributed by atoms with Gasteiger partial charge in [0.1, 0.15) is 17.5 Å². The number of anilines is 2. The van der Waals surface area contributed by atoms with Crippen LogP contribution in [0.5, 0.6) is 0 Å². The van der Waals surface area contributed by atoms with Crippen molar-refractivity contribution < 1.29 is 9.47 Å². The third-order valence-electron chi connectivity index (χ3n) is 3.16. The van der Waals surface area contributed by atoms with Gasteiger partial charge in [-0.3, -0.25) is 0 Å². The van der Waals surface area contributed by atoms with Gasteiger partial charge < -0.3 is 20.9 Å². The van der Waals surface area contributed by atoms with Gasteiger partial charge in [0.25, 0.3) is 0 Å². The van der Waals surface area contributed by atoms with Gasteiger partial charge in [-0.2, -0.15) is 10.2 Å². The lowest BCUT2D eigenvalue weighted by Crippen LogP contribution is -2.09. The van der Waals surface area contributed by atoms with Gasteiger partial charge in [-0.25, -0.2) is 4.98 Å². The van der Waals surface area contributed by atoms with Crippen LogP contribution in [0.2, 0.25) is 0 Å². The van der Waals surface area contributed by atoms with Crippen molar-refractivity contribution in [2.75, 3.05) is 24.7 Å². The van der Waals surface area contributed by atoms with Crippen LogP contribution < -0.4 is 11.5 Å². The zero-order chi connectivity index (χ0) is 16.8. The van der Waals surface area contributed by atoms with Gasteiger partial charge in [-0.1, -0.05) is 24.3 Å². The largest absolute Gasteiger partial charge is 0.382 e. The Balaban J connectivity index is 2.39. The Labute approximate surface area is 134 Å². The van der Waals surface area contributed by atoms with Crippen molar-refractivity contribution >= 4 is 11.8 Å². The summed E-state index contributed by atoms with van der Waals surface area (Å²) in [7, 11) is 0. The summed E-state index contributed by atoms with van der Waals surface area (Å²) in [4.78, 5) is 7.93. The number of hydrogen-bond acceptors (Lipinski definition) is 7. The maximum absolute atomic E-state index is 9.24. The number of aromatic nitrogens is 2. The van der Waals surface area contributed by atoms with Crippen LogP contribution in [0.15, 0.2) is 24.3 Å². The van der Waals surface area contributed by atoms with Crippen molar-refractivity contribution in [2.24, 2.45) is 0 Å². The molecule has 0 unspecified atom stereocenters. The molecule has 0 radical (unpaired) electrons. The molecule has 0 spiro atoms. The average Bonchev–Trinajstić information content (AvgIpc) is 2.54. The summed E-state index contributed by atoms with van der Waals surface area (Å²) in [6.07, 6.45) is -0.421. The SMILES string of the molecule is CCOC(OCC)c1ccc(-c2nc(N)nc(N)c2C#N)cc1. The summed E-state index contributed by atoms with van der Waals surface area (Å²) in [5, 5.41) is 9.24. The van der Waals surface area contributed by atoms with E-state index in [2.05, 4.69) is 9.97 Å². The van der Waals surface area contributed by atoms with Crippen LogP contribution in [-0.4, -0.2) is 23.2 Å². The fourth-order valence-corrected chi connectivity index (χ4v) is 2.16. The van der Waals surface area contributed by atoms with Gasteiger partial charge in [0.15, 0.2) is 6.29 Å². The Hall–Kier alpha value is -2.69. The van der Waals surface area contributed by atoms with Crippen LogP contribution in [0, 0.1) is 11.3 Å². The van der Waals surface area contributed by atoms with Crippen molar-refractivity contribution in [3.05, 3.63) is 35.4 Å². The van der Waals surface area contributed by atoms with Crippen LogP contribution in [-0.2, 0) is 9.47 Å². The lowest BCUT2D eigenvalue weighted by molar-refractivity contribution is -0.140. The molecule has 0 bridgehead atoms. The Bertz CT molecular complexity index is 704. The highest BCUT2D eigenvalue weighted by Gasteiger charge is 2.15. The third kappa shape index (κ3) is 3.74. The molecular formula is C16H19N5O2. The topological polar surface area (TPSA) is 120 Å². The minimum atomic E-state index is -0.421. The predicted octanol–water partition coefficient (Wildman–Crippen LogP) is 2.25. The maximum atomic E-state index is 9.24. The van der Waals surface area contributed by atoms with E-state index in [0.29, 0.717) is 18.9 Å². The van der Waals surface area contributed by atoms with Crippen LogP contribution in [0.3, 0.4) is 0 Å². The number of rotatable bonds is 6. The van der Waals surface area contributed by atoms with Gasteiger partial charge in [0.2, 0.25) is 5.95 Å². The van der Waals surface area contributed by atoms with Crippen molar-refractivity contribution in [3.8, 4) is 17.3 Å².